The number of carbonyl (C=O) groups is 1. The highest BCUT2D eigenvalue weighted by Gasteiger charge is 2.12. The Morgan fingerprint density at radius 3 is 2.65 bits per heavy atom. The normalized spacial score (nSPS) is 10.2. The van der Waals surface area contributed by atoms with E-state index in [9.17, 15) is 9.59 Å². The van der Waals surface area contributed by atoms with E-state index in [4.69, 9.17) is 4.74 Å². The highest BCUT2D eigenvalue weighted by molar-refractivity contribution is 6.03. The summed E-state index contributed by atoms with van der Waals surface area (Å²) in [6, 6.07) is 6.28. The van der Waals surface area contributed by atoms with Crippen molar-refractivity contribution in [3.63, 3.8) is 0 Å². The number of esters is 1. The number of rotatable bonds is 2. The first-order valence-electron chi connectivity index (χ1n) is 4.95. The van der Waals surface area contributed by atoms with Gasteiger partial charge in [0.15, 0.2) is 0 Å². The van der Waals surface area contributed by atoms with Gasteiger partial charge in [0.25, 0.3) is 0 Å². The number of nitrogens with one attached hydrogen (secondary N) is 1. The third kappa shape index (κ3) is 1.99. The van der Waals surface area contributed by atoms with E-state index >= 15 is 0 Å². The Labute approximate surface area is 97.0 Å². The summed E-state index contributed by atoms with van der Waals surface area (Å²) < 4.78 is 9.72. The van der Waals surface area contributed by atoms with Crippen LogP contribution in [0.1, 0.15) is 10.4 Å². The molecule has 2 rings (SSSR count). The van der Waals surface area contributed by atoms with Crippen LogP contribution in [0.2, 0.25) is 0 Å². The van der Waals surface area contributed by atoms with Crippen molar-refractivity contribution in [2.24, 2.45) is 0 Å². The molecule has 5 heteroatoms. The van der Waals surface area contributed by atoms with Gasteiger partial charge in [-0.15, -0.1) is 0 Å². The summed E-state index contributed by atoms with van der Waals surface area (Å²) in [6.45, 7) is 0. The molecule has 0 saturated heterocycles. The SMILES string of the molecule is COC(=O)c1cc(=O)[nH]c2ccc(OC)cc12. The molecule has 5 nitrogen and oxygen atoms in total. The molecule has 17 heavy (non-hydrogen) atoms. The predicted octanol–water partition coefficient (Wildman–Crippen LogP) is 1.32. The number of fused-ring (bicyclic) bond motifs is 1. The second-order valence-electron chi connectivity index (χ2n) is 3.45. The lowest BCUT2D eigenvalue weighted by Crippen LogP contribution is -2.11. The quantitative estimate of drug-likeness (QED) is 0.794. The molecule has 0 aliphatic heterocycles. The number of hydrogen-bond donors (Lipinski definition) is 1. The zero-order valence-electron chi connectivity index (χ0n) is 9.44. The molecule has 0 bridgehead atoms. The van der Waals surface area contributed by atoms with Crippen LogP contribution in [0.3, 0.4) is 0 Å². The van der Waals surface area contributed by atoms with E-state index in [1.165, 1.54) is 20.3 Å². The smallest absolute Gasteiger partial charge is 0.338 e. The van der Waals surface area contributed by atoms with Crippen molar-refractivity contribution in [1.82, 2.24) is 4.98 Å². The summed E-state index contributed by atoms with van der Waals surface area (Å²) in [5.74, 6) is 0.0593. The number of benzene rings is 1. The molecule has 1 aromatic carbocycles. The van der Waals surface area contributed by atoms with E-state index in [2.05, 4.69) is 9.72 Å². The van der Waals surface area contributed by atoms with Gasteiger partial charge in [-0.1, -0.05) is 0 Å². The number of methoxy groups -OCH3 is 2. The summed E-state index contributed by atoms with van der Waals surface area (Å²) in [7, 11) is 2.81. The second-order valence-corrected chi connectivity index (χ2v) is 3.45. The van der Waals surface area contributed by atoms with Crippen LogP contribution in [-0.2, 0) is 4.74 Å². The molecule has 2 aromatic rings. The number of H-pyrrole nitrogens is 1. The maximum absolute atomic E-state index is 11.6. The lowest BCUT2D eigenvalue weighted by atomic mass is 10.1. The molecule has 0 atom stereocenters. The van der Waals surface area contributed by atoms with Crippen LogP contribution in [0.4, 0.5) is 0 Å². The number of ether oxygens (including phenoxy) is 2. The first-order chi connectivity index (χ1) is 8.15. The largest absolute Gasteiger partial charge is 0.497 e. The molecule has 0 fully saturated rings. The van der Waals surface area contributed by atoms with Gasteiger partial charge in [-0.3, -0.25) is 4.79 Å². The minimum absolute atomic E-state index is 0.227. The van der Waals surface area contributed by atoms with Crippen LogP contribution in [0.5, 0.6) is 5.75 Å². The minimum Gasteiger partial charge on any atom is -0.497 e. The monoisotopic (exact) mass is 233 g/mol. The number of pyridine rings is 1. The maximum Gasteiger partial charge on any atom is 0.338 e. The summed E-state index contributed by atoms with van der Waals surface area (Å²) in [4.78, 5) is 25.6. The molecule has 0 aliphatic carbocycles. The average Bonchev–Trinajstić information content (AvgIpc) is 2.36. The van der Waals surface area contributed by atoms with Gasteiger partial charge in [0.2, 0.25) is 5.56 Å². The fourth-order valence-corrected chi connectivity index (χ4v) is 1.64. The molecule has 0 spiro atoms. The first kappa shape index (κ1) is 11.2. The molecule has 1 heterocycles. The van der Waals surface area contributed by atoms with Gasteiger partial charge in [0, 0.05) is 17.0 Å². The van der Waals surface area contributed by atoms with Gasteiger partial charge < -0.3 is 14.5 Å². The van der Waals surface area contributed by atoms with Crippen LogP contribution < -0.4 is 10.3 Å². The molecule has 0 aliphatic rings. The Kier molecular flexibility index (Phi) is 2.82. The zero-order chi connectivity index (χ0) is 12.4. The first-order valence-corrected chi connectivity index (χ1v) is 4.95. The van der Waals surface area contributed by atoms with Gasteiger partial charge >= 0.3 is 5.97 Å². The van der Waals surface area contributed by atoms with Gasteiger partial charge in [-0.05, 0) is 18.2 Å². The second kappa shape index (κ2) is 4.29. The molecular weight excluding hydrogens is 222 g/mol. The third-order valence-electron chi connectivity index (χ3n) is 2.46. The lowest BCUT2D eigenvalue weighted by Gasteiger charge is -2.06. The number of aromatic amines is 1. The molecule has 1 N–H and O–H groups in total. The number of hydrogen-bond acceptors (Lipinski definition) is 4. The molecular formula is C12H11NO4. The topological polar surface area (TPSA) is 68.4 Å². The van der Waals surface area contributed by atoms with E-state index in [-0.39, 0.29) is 11.1 Å². The van der Waals surface area contributed by atoms with Crippen LogP contribution in [-0.4, -0.2) is 25.2 Å². The maximum atomic E-state index is 11.6. The fraction of sp³-hybridized carbons (Fsp3) is 0.167. The Hall–Kier alpha value is -2.30. The van der Waals surface area contributed by atoms with Crippen molar-refractivity contribution >= 4 is 16.9 Å². The van der Waals surface area contributed by atoms with Crippen molar-refractivity contribution in [3.05, 3.63) is 40.2 Å². The van der Waals surface area contributed by atoms with Gasteiger partial charge in [-0.2, -0.15) is 0 Å². The van der Waals surface area contributed by atoms with Crippen LogP contribution in [0, 0.1) is 0 Å². The standard InChI is InChI=1S/C12H11NO4/c1-16-7-3-4-10-8(5-7)9(12(15)17-2)6-11(14)13-10/h3-6H,1-2H3,(H,13,14). The van der Waals surface area contributed by atoms with Crippen LogP contribution in [0.15, 0.2) is 29.1 Å². The summed E-state index contributed by atoms with van der Waals surface area (Å²) >= 11 is 0. The summed E-state index contributed by atoms with van der Waals surface area (Å²) in [6.07, 6.45) is 0. The van der Waals surface area contributed by atoms with E-state index in [0.29, 0.717) is 16.7 Å². The Bertz CT molecular complexity index is 630. The van der Waals surface area contributed by atoms with E-state index in [0.717, 1.165) is 0 Å². The van der Waals surface area contributed by atoms with Gasteiger partial charge in [0.05, 0.1) is 19.8 Å². The molecule has 0 amide bonds. The average molecular weight is 233 g/mol. The van der Waals surface area contributed by atoms with Crippen LogP contribution >= 0.6 is 0 Å². The zero-order valence-corrected chi connectivity index (χ0v) is 9.44. The highest BCUT2D eigenvalue weighted by atomic mass is 16.5. The number of carbonyl (C=O) groups excluding carboxylic acids is 1. The van der Waals surface area contributed by atoms with E-state index in [1.54, 1.807) is 18.2 Å². The molecule has 88 valence electrons. The van der Waals surface area contributed by atoms with Crippen molar-refractivity contribution in [3.8, 4) is 5.75 Å². The summed E-state index contributed by atoms with van der Waals surface area (Å²) in [5, 5.41) is 0.593. The Morgan fingerprint density at radius 2 is 2.00 bits per heavy atom. The molecule has 0 saturated carbocycles. The minimum atomic E-state index is -0.547. The summed E-state index contributed by atoms with van der Waals surface area (Å²) in [5.41, 5.74) is 0.451. The van der Waals surface area contributed by atoms with Crippen molar-refractivity contribution in [2.75, 3.05) is 14.2 Å². The van der Waals surface area contributed by atoms with E-state index < -0.39 is 5.97 Å². The molecule has 1 aromatic heterocycles. The molecule has 0 radical (unpaired) electrons. The Balaban J connectivity index is 2.79. The van der Waals surface area contributed by atoms with Crippen LogP contribution in [0.25, 0.3) is 10.9 Å². The lowest BCUT2D eigenvalue weighted by molar-refractivity contribution is 0.0603. The van der Waals surface area contributed by atoms with Gasteiger partial charge in [-0.25, -0.2) is 4.79 Å². The number of aromatic nitrogens is 1. The third-order valence-corrected chi connectivity index (χ3v) is 2.46. The Morgan fingerprint density at radius 1 is 1.24 bits per heavy atom. The highest BCUT2D eigenvalue weighted by Crippen LogP contribution is 2.21. The van der Waals surface area contributed by atoms with Gasteiger partial charge in [0.1, 0.15) is 5.75 Å². The van der Waals surface area contributed by atoms with Crippen molar-refractivity contribution in [1.29, 1.82) is 0 Å². The van der Waals surface area contributed by atoms with Crippen molar-refractivity contribution < 1.29 is 14.3 Å². The van der Waals surface area contributed by atoms with E-state index in [1.807, 2.05) is 0 Å². The predicted molar refractivity (Wildman–Crippen MR) is 62.5 cm³/mol. The fourth-order valence-electron chi connectivity index (χ4n) is 1.64. The van der Waals surface area contributed by atoms with Crippen molar-refractivity contribution in [2.45, 2.75) is 0 Å². The molecule has 0 unspecified atom stereocenters.